The van der Waals surface area contributed by atoms with E-state index in [0.29, 0.717) is 17.7 Å². The van der Waals surface area contributed by atoms with E-state index < -0.39 is 17.6 Å². The molecule has 0 radical (unpaired) electrons. The number of pyridine rings is 1. The molecule has 1 fully saturated rings. The van der Waals surface area contributed by atoms with Crippen LogP contribution in [0.25, 0.3) is 10.2 Å². The summed E-state index contributed by atoms with van der Waals surface area (Å²) >= 11 is 0.824. The first kappa shape index (κ1) is 26.0. The molecule has 3 aromatic rings. The Morgan fingerprint density at radius 1 is 1.26 bits per heavy atom. The van der Waals surface area contributed by atoms with Crippen LogP contribution in [0.2, 0.25) is 0 Å². The van der Waals surface area contributed by atoms with Crippen molar-refractivity contribution in [1.82, 2.24) is 15.6 Å². The molecule has 12 heteroatoms. The highest BCUT2D eigenvalue weighted by Crippen LogP contribution is 2.42. The lowest BCUT2D eigenvalue weighted by molar-refractivity contribution is -0.136. The highest BCUT2D eigenvalue weighted by atomic mass is 35.5. The molecule has 1 aliphatic rings. The van der Waals surface area contributed by atoms with Gasteiger partial charge < -0.3 is 21.3 Å². The zero-order valence-electron chi connectivity index (χ0n) is 18.3. The summed E-state index contributed by atoms with van der Waals surface area (Å²) < 4.78 is 54.9. The van der Waals surface area contributed by atoms with Crippen molar-refractivity contribution >= 4 is 51.2 Å². The number of hydrogen-bond acceptors (Lipinski definition) is 6. The first-order valence-corrected chi connectivity index (χ1v) is 11.3. The van der Waals surface area contributed by atoms with Gasteiger partial charge in [-0.25, -0.2) is 9.37 Å². The highest BCUT2D eigenvalue weighted by molar-refractivity contribution is 7.21. The Morgan fingerprint density at radius 2 is 1.97 bits per heavy atom. The van der Waals surface area contributed by atoms with Crippen LogP contribution < -0.4 is 21.3 Å². The second kappa shape index (κ2) is 10.3. The number of aryl methyl sites for hydroxylation is 1. The maximum atomic E-state index is 14.6. The zero-order chi connectivity index (χ0) is 23.8. The van der Waals surface area contributed by atoms with Crippen LogP contribution >= 0.6 is 23.7 Å². The van der Waals surface area contributed by atoms with Crippen LogP contribution in [0, 0.1) is 12.7 Å². The molecule has 4 rings (SSSR count). The summed E-state index contributed by atoms with van der Waals surface area (Å²) in [6, 6.07) is 5.91. The lowest BCUT2D eigenvalue weighted by Gasteiger charge is -2.29. The van der Waals surface area contributed by atoms with Gasteiger partial charge in [0.15, 0.2) is 0 Å². The van der Waals surface area contributed by atoms with E-state index in [2.05, 4.69) is 15.6 Å². The standard InChI is InChI=1S/C22H23F4N5OS.ClH/c1-12-10-14(22(24,25)26)17-18(27)19(33-21(17)30-12)20(32)29-5-4-13-2-3-16(15(23)11-13)31-8-6-28-7-9-31;/h2-3,10-11,28H,4-9,27H2,1H3,(H,29,32);1H. The number of anilines is 2. The predicted octanol–water partition coefficient (Wildman–Crippen LogP) is 4.15. The fourth-order valence-electron chi connectivity index (χ4n) is 3.90. The molecular formula is C22H24ClF4N5OS. The van der Waals surface area contributed by atoms with E-state index in [1.807, 2.05) is 11.0 Å². The normalized spacial score (nSPS) is 14.2. The average Bonchev–Trinajstić information content (AvgIpc) is 3.09. The molecule has 0 bridgehead atoms. The van der Waals surface area contributed by atoms with Crippen molar-refractivity contribution < 1.29 is 22.4 Å². The number of aromatic nitrogens is 1. The number of nitrogen functional groups attached to an aromatic ring is 1. The molecular weight excluding hydrogens is 494 g/mol. The Hall–Kier alpha value is -2.63. The minimum absolute atomic E-state index is 0. The number of carbonyl (C=O) groups is 1. The van der Waals surface area contributed by atoms with E-state index in [-0.39, 0.29) is 51.2 Å². The van der Waals surface area contributed by atoms with Gasteiger partial charge in [-0.05, 0) is 37.1 Å². The number of alkyl halides is 3. The summed E-state index contributed by atoms with van der Waals surface area (Å²) in [6.07, 6.45) is -4.25. The van der Waals surface area contributed by atoms with Crippen molar-refractivity contribution in [3.05, 3.63) is 51.8 Å². The topological polar surface area (TPSA) is 83.3 Å². The summed E-state index contributed by atoms with van der Waals surface area (Å²) in [7, 11) is 0. The summed E-state index contributed by atoms with van der Waals surface area (Å²) in [5.74, 6) is -0.908. The third-order valence-electron chi connectivity index (χ3n) is 5.51. The van der Waals surface area contributed by atoms with Crippen molar-refractivity contribution in [3.8, 4) is 0 Å². The Kier molecular flexibility index (Phi) is 7.89. The van der Waals surface area contributed by atoms with Crippen LogP contribution in [-0.4, -0.2) is 43.6 Å². The molecule has 2 aromatic heterocycles. The number of thiophene rings is 1. The smallest absolute Gasteiger partial charge is 0.397 e. The molecule has 0 aliphatic carbocycles. The monoisotopic (exact) mass is 517 g/mol. The third kappa shape index (κ3) is 5.37. The zero-order valence-corrected chi connectivity index (χ0v) is 19.9. The molecule has 1 aromatic carbocycles. The molecule has 6 nitrogen and oxygen atoms in total. The van der Waals surface area contributed by atoms with Gasteiger partial charge in [-0.2, -0.15) is 13.2 Å². The third-order valence-corrected chi connectivity index (χ3v) is 6.61. The van der Waals surface area contributed by atoms with Gasteiger partial charge >= 0.3 is 6.18 Å². The number of rotatable bonds is 5. The summed E-state index contributed by atoms with van der Waals surface area (Å²) in [5, 5.41) is 5.63. The fourth-order valence-corrected chi connectivity index (χ4v) is 4.99. The first-order valence-electron chi connectivity index (χ1n) is 10.4. The van der Waals surface area contributed by atoms with Crippen LogP contribution in [0.3, 0.4) is 0 Å². The minimum Gasteiger partial charge on any atom is -0.397 e. The average molecular weight is 518 g/mol. The summed E-state index contributed by atoms with van der Waals surface area (Å²) in [5.41, 5.74) is 6.22. The number of halogens is 5. The second-order valence-corrected chi connectivity index (χ2v) is 8.86. The molecule has 1 amide bonds. The minimum atomic E-state index is -4.62. The molecule has 34 heavy (non-hydrogen) atoms. The Labute approximate surface area is 203 Å². The van der Waals surface area contributed by atoms with Gasteiger partial charge in [0.2, 0.25) is 0 Å². The molecule has 0 atom stereocenters. The van der Waals surface area contributed by atoms with E-state index in [1.165, 1.54) is 13.0 Å². The molecule has 1 aliphatic heterocycles. The number of hydrogen-bond donors (Lipinski definition) is 3. The van der Waals surface area contributed by atoms with Gasteiger partial charge in [-0.3, -0.25) is 4.79 Å². The van der Waals surface area contributed by atoms with Crippen molar-refractivity contribution in [1.29, 1.82) is 0 Å². The van der Waals surface area contributed by atoms with Crippen LogP contribution in [0.5, 0.6) is 0 Å². The highest BCUT2D eigenvalue weighted by Gasteiger charge is 2.35. The number of benzene rings is 1. The molecule has 0 saturated carbocycles. The van der Waals surface area contributed by atoms with E-state index in [0.717, 1.165) is 43.6 Å². The van der Waals surface area contributed by atoms with E-state index >= 15 is 0 Å². The van der Waals surface area contributed by atoms with Gasteiger partial charge in [0, 0.05) is 43.8 Å². The lowest BCUT2D eigenvalue weighted by Crippen LogP contribution is -2.43. The second-order valence-electron chi connectivity index (χ2n) is 7.86. The number of nitrogens with zero attached hydrogens (tertiary/aromatic N) is 2. The van der Waals surface area contributed by atoms with Crippen molar-refractivity contribution in [3.63, 3.8) is 0 Å². The van der Waals surface area contributed by atoms with Gasteiger partial charge in [-0.15, -0.1) is 23.7 Å². The number of amides is 1. The van der Waals surface area contributed by atoms with Crippen LogP contribution in [0.1, 0.15) is 26.5 Å². The number of piperazine rings is 1. The van der Waals surface area contributed by atoms with Gasteiger partial charge in [0.25, 0.3) is 5.91 Å². The lowest BCUT2D eigenvalue weighted by atomic mass is 10.1. The molecule has 1 saturated heterocycles. The first-order chi connectivity index (χ1) is 15.6. The largest absolute Gasteiger partial charge is 0.417 e. The van der Waals surface area contributed by atoms with Crippen molar-refractivity contribution in [2.45, 2.75) is 19.5 Å². The summed E-state index contributed by atoms with van der Waals surface area (Å²) in [4.78, 5) is 18.8. The van der Waals surface area contributed by atoms with Gasteiger partial charge in [0.1, 0.15) is 15.5 Å². The van der Waals surface area contributed by atoms with Crippen molar-refractivity contribution in [2.75, 3.05) is 43.4 Å². The Morgan fingerprint density at radius 3 is 2.62 bits per heavy atom. The van der Waals surface area contributed by atoms with Crippen LogP contribution in [0.15, 0.2) is 24.3 Å². The summed E-state index contributed by atoms with van der Waals surface area (Å²) in [6.45, 7) is 4.69. The molecule has 3 heterocycles. The fraction of sp³-hybridized carbons (Fsp3) is 0.364. The molecule has 4 N–H and O–H groups in total. The maximum absolute atomic E-state index is 14.6. The van der Waals surface area contributed by atoms with E-state index in [4.69, 9.17) is 5.73 Å². The predicted molar refractivity (Wildman–Crippen MR) is 129 cm³/mol. The van der Waals surface area contributed by atoms with Crippen LogP contribution in [-0.2, 0) is 12.6 Å². The molecule has 184 valence electrons. The van der Waals surface area contributed by atoms with Gasteiger partial charge in [-0.1, -0.05) is 6.07 Å². The number of nitrogens with two attached hydrogens (primary N) is 1. The van der Waals surface area contributed by atoms with Crippen LogP contribution in [0.4, 0.5) is 28.9 Å². The number of nitrogens with one attached hydrogen (secondary N) is 2. The number of fused-ring (bicyclic) bond motifs is 1. The maximum Gasteiger partial charge on any atom is 0.417 e. The number of carbonyl (C=O) groups excluding carboxylic acids is 1. The quantitative estimate of drug-likeness (QED) is 0.443. The van der Waals surface area contributed by atoms with Gasteiger partial charge in [0.05, 0.1) is 16.9 Å². The van der Waals surface area contributed by atoms with E-state index in [1.54, 1.807) is 6.07 Å². The SMILES string of the molecule is Cc1cc(C(F)(F)F)c2c(N)c(C(=O)NCCc3ccc(N4CCNCC4)c(F)c3)sc2n1.Cl. The molecule has 0 spiro atoms. The molecule has 0 unspecified atom stereocenters. The Balaban J connectivity index is 0.00000324. The van der Waals surface area contributed by atoms with E-state index in [9.17, 15) is 22.4 Å². The Bertz CT molecular complexity index is 1190. The van der Waals surface area contributed by atoms with Crippen molar-refractivity contribution in [2.24, 2.45) is 0 Å².